The predicted octanol–water partition coefficient (Wildman–Crippen LogP) is 6.59. The van der Waals surface area contributed by atoms with E-state index >= 15 is 0 Å². The second kappa shape index (κ2) is 11.8. The van der Waals surface area contributed by atoms with E-state index in [4.69, 9.17) is 36.5 Å². The second-order valence-electron chi connectivity index (χ2n) is 8.19. The monoisotopic (exact) mass is 594 g/mol. The number of halogens is 1. The largest absolute Gasteiger partial charge is 0.493 e. The fourth-order valence-corrected chi connectivity index (χ4v) is 5.81. The van der Waals surface area contributed by atoms with Crippen molar-refractivity contribution in [2.24, 2.45) is 0 Å². The average Bonchev–Trinajstić information content (AvgIpc) is 3.59. The van der Waals surface area contributed by atoms with Gasteiger partial charge in [-0.3, -0.25) is 4.79 Å². The number of rotatable bonds is 9. The van der Waals surface area contributed by atoms with E-state index in [-0.39, 0.29) is 16.8 Å². The van der Waals surface area contributed by atoms with Crippen molar-refractivity contribution < 1.29 is 19.0 Å². The number of carbonyl (C=O) groups is 1. The van der Waals surface area contributed by atoms with Gasteiger partial charge in [-0.1, -0.05) is 41.1 Å². The standard InChI is InChI=1S/C27H23ClN6O4S2/c1-36-19-11-16(12-20(37-2)22(19)38-3)31-27-34-24(29)23(40-27)26-33-18(13-39-26)14-6-4-7-15(10-14)30-25(35)17-8-5-9-21(28)32-17/h4-13H,29H2,1-3H3,(H,30,35)(H,31,34). The summed E-state index contributed by atoms with van der Waals surface area (Å²) in [5.74, 6) is 1.52. The van der Waals surface area contributed by atoms with Crippen LogP contribution in [0, 0.1) is 0 Å². The van der Waals surface area contributed by atoms with E-state index in [1.54, 1.807) is 57.7 Å². The summed E-state index contributed by atoms with van der Waals surface area (Å²) < 4.78 is 16.2. The van der Waals surface area contributed by atoms with Gasteiger partial charge in [0.05, 0.1) is 27.0 Å². The lowest BCUT2D eigenvalue weighted by Gasteiger charge is -2.14. The Bertz CT molecular complexity index is 1660. The van der Waals surface area contributed by atoms with Crippen LogP contribution in [0.2, 0.25) is 5.15 Å². The van der Waals surface area contributed by atoms with Gasteiger partial charge in [-0.25, -0.2) is 15.0 Å². The second-order valence-corrected chi connectivity index (χ2v) is 10.4. The number of amides is 1. The third-order valence-corrected chi connectivity index (χ3v) is 7.82. The lowest BCUT2D eigenvalue weighted by atomic mass is 10.1. The Morgan fingerprint density at radius 1 is 0.925 bits per heavy atom. The van der Waals surface area contributed by atoms with Gasteiger partial charge in [-0.2, -0.15) is 0 Å². The Labute approximate surface area is 242 Å². The van der Waals surface area contributed by atoms with Crippen LogP contribution in [0.4, 0.5) is 22.3 Å². The molecule has 13 heteroatoms. The minimum atomic E-state index is -0.358. The number of methoxy groups -OCH3 is 3. The molecule has 0 bridgehead atoms. The van der Waals surface area contributed by atoms with Crippen molar-refractivity contribution in [2.75, 3.05) is 37.7 Å². The van der Waals surface area contributed by atoms with E-state index in [1.807, 2.05) is 23.6 Å². The maximum absolute atomic E-state index is 12.6. The highest BCUT2D eigenvalue weighted by Gasteiger charge is 2.18. The van der Waals surface area contributed by atoms with Crippen molar-refractivity contribution in [3.8, 4) is 38.4 Å². The highest BCUT2D eigenvalue weighted by Crippen LogP contribution is 2.43. The number of aromatic nitrogens is 3. The number of carbonyl (C=O) groups excluding carboxylic acids is 1. The van der Waals surface area contributed by atoms with Crippen molar-refractivity contribution in [1.29, 1.82) is 0 Å². The average molecular weight is 595 g/mol. The summed E-state index contributed by atoms with van der Waals surface area (Å²) in [4.78, 5) is 26.6. The van der Waals surface area contributed by atoms with Crippen LogP contribution >= 0.6 is 34.3 Å². The van der Waals surface area contributed by atoms with Crippen LogP contribution in [0.25, 0.3) is 21.1 Å². The molecule has 0 atom stereocenters. The van der Waals surface area contributed by atoms with Crippen molar-refractivity contribution in [1.82, 2.24) is 15.0 Å². The molecule has 10 nitrogen and oxygen atoms in total. The predicted molar refractivity (Wildman–Crippen MR) is 160 cm³/mol. The number of nitrogens with zero attached hydrogens (tertiary/aromatic N) is 3. The molecule has 40 heavy (non-hydrogen) atoms. The lowest BCUT2D eigenvalue weighted by molar-refractivity contribution is 0.102. The third-order valence-electron chi connectivity index (χ3n) is 5.63. The van der Waals surface area contributed by atoms with Crippen molar-refractivity contribution in [2.45, 2.75) is 0 Å². The number of nitrogen functional groups attached to an aromatic ring is 1. The first-order valence-electron chi connectivity index (χ1n) is 11.7. The number of hydrogen-bond donors (Lipinski definition) is 3. The zero-order valence-electron chi connectivity index (χ0n) is 21.5. The lowest BCUT2D eigenvalue weighted by Crippen LogP contribution is -2.13. The Kier molecular flexibility index (Phi) is 8.01. The Balaban J connectivity index is 1.35. The van der Waals surface area contributed by atoms with Gasteiger partial charge in [-0.15, -0.1) is 11.3 Å². The summed E-state index contributed by atoms with van der Waals surface area (Å²) >= 11 is 8.74. The van der Waals surface area contributed by atoms with Crippen LogP contribution in [0.3, 0.4) is 0 Å². The van der Waals surface area contributed by atoms with E-state index in [0.717, 1.165) is 21.1 Å². The summed E-state index contributed by atoms with van der Waals surface area (Å²) in [5.41, 5.74) is 9.37. The molecule has 0 saturated heterocycles. The van der Waals surface area contributed by atoms with Crippen molar-refractivity contribution >= 4 is 62.5 Å². The summed E-state index contributed by atoms with van der Waals surface area (Å²) in [6, 6.07) is 15.9. The summed E-state index contributed by atoms with van der Waals surface area (Å²) in [6.07, 6.45) is 0. The van der Waals surface area contributed by atoms with Crippen LogP contribution < -0.4 is 30.6 Å². The fourth-order valence-electron chi connectivity index (χ4n) is 3.81. The molecular weight excluding hydrogens is 572 g/mol. The number of ether oxygens (including phenoxy) is 3. The van der Waals surface area contributed by atoms with Gasteiger partial charge in [0.1, 0.15) is 26.5 Å². The molecule has 0 aliphatic heterocycles. The van der Waals surface area contributed by atoms with Crippen LogP contribution in [0.15, 0.2) is 60.0 Å². The molecule has 5 rings (SSSR count). The summed E-state index contributed by atoms with van der Waals surface area (Å²) in [7, 11) is 4.66. The molecule has 3 heterocycles. The number of hydrogen-bond acceptors (Lipinski definition) is 11. The normalized spacial score (nSPS) is 10.7. The summed E-state index contributed by atoms with van der Waals surface area (Å²) in [5, 5.41) is 9.58. The van der Waals surface area contributed by atoms with E-state index in [2.05, 4.69) is 20.6 Å². The van der Waals surface area contributed by atoms with Crippen LogP contribution in [-0.2, 0) is 0 Å². The Morgan fingerprint density at radius 2 is 1.68 bits per heavy atom. The SMILES string of the molecule is COc1cc(Nc2nc(N)c(-c3nc(-c4cccc(NC(=O)c5cccc(Cl)n5)c4)cs3)s2)cc(OC)c1OC. The third kappa shape index (κ3) is 5.78. The zero-order chi connectivity index (χ0) is 28.2. The molecule has 0 spiro atoms. The maximum Gasteiger partial charge on any atom is 0.274 e. The number of nitrogens with one attached hydrogen (secondary N) is 2. The molecule has 4 N–H and O–H groups in total. The molecule has 0 aliphatic carbocycles. The molecule has 0 unspecified atom stereocenters. The molecular formula is C27H23ClN6O4S2. The van der Waals surface area contributed by atoms with Gasteiger partial charge in [0.15, 0.2) is 16.6 Å². The minimum absolute atomic E-state index is 0.227. The molecule has 2 aromatic carbocycles. The van der Waals surface area contributed by atoms with E-state index in [0.29, 0.717) is 39.6 Å². The molecule has 0 saturated carbocycles. The van der Waals surface area contributed by atoms with Gasteiger partial charge in [-0.05, 0) is 24.3 Å². The van der Waals surface area contributed by atoms with Crippen molar-refractivity contribution in [3.05, 3.63) is 70.8 Å². The van der Waals surface area contributed by atoms with E-state index in [1.165, 1.54) is 22.7 Å². The highest BCUT2D eigenvalue weighted by molar-refractivity contribution is 7.23. The van der Waals surface area contributed by atoms with Crippen LogP contribution in [0.5, 0.6) is 17.2 Å². The zero-order valence-corrected chi connectivity index (χ0v) is 23.9. The minimum Gasteiger partial charge on any atom is -0.493 e. The molecule has 5 aromatic rings. The molecule has 3 aromatic heterocycles. The number of anilines is 4. The number of nitrogens with two attached hydrogens (primary N) is 1. The van der Waals surface area contributed by atoms with Gasteiger partial charge in [0.2, 0.25) is 5.75 Å². The molecule has 1 amide bonds. The molecule has 204 valence electrons. The topological polar surface area (TPSA) is 134 Å². The first-order valence-corrected chi connectivity index (χ1v) is 13.8. The van der Waals surface area contributed by atoms with Gasteiger partial charge >= 0.3 is 0 Å². The Morgan fingerprint density at radius 3 is 2.38 bits per heavy atom. The maximum atomic E-state index is 12.6. The highest BCUT2D eigenvalue weighted by atomic mass is 35.5. The number of pyridine rings is 1. The van der Waals surface area contributed by atoms with Gasteiger partial charge in [0.25, 0.3) is 5.91 Å². The van der Waals surface area contributed by atoms with Crippen molar-refractivity contribution in [3.63, 3.8) is 0 Å². The first kappa shape index (κ1) is 27.2. The molecule has 0 radical (unpaired) electrons. The Hall–Kier alpha value is -4.39. The van der Waals surface area contributed by atoms with E-state index in [9.17, 15) is 4.79 Å². The van der Waals surface area contributed by atoms with Crippen LogP contribution in [-0.4, -0.2) is 42.2 Å². The number of benzene rings is 2. The first-order chi connectivity index (χ1) is 19.4. The number of thiazole rings is 2. The smallest absolute Gasteiger partial charge is 0.274 e. The van der Waals surface area contributed by atoms with Gasteiger partial charge in [0, 0.05) is 34.5 Å². The van der Waals surface area contributed by atoms with Crippen LogP contribution in [0.1, 0.15) is 10.5 Å². The quantitative estimate of drug-likeness (QED) is 0.162. The van der Waals surface area contributed by atoms with Gasteiger partial charge < -0.3 is 30.6 Å². The fraction of sp³-hybridized carbons (Fsp3) is 0.111. The molecule has 0 aliphatic rings. The summed E-state index contributed by atoms with van der Waals surface area (Å²) in [6.45, 7) is 0. The molecule has 0 fully saturated rings. The van der Waals surface area contributed by atoms with E-state index < -0.39 is 0 Å².